The molecule has 2 aromatic heterocycles. The molecule has 0 saturated carbocycles. The van der Waals surface area contributed by atoms with Crippen LogP contribution in [0.15, 0.2) is 106 Å². The van der Waals surface area contributed by atoms with Crippen LogP contribution in [-0.2, 0) is 5.75 Å². The number of fused-ring (bicyclic) bond motifs is 1. The largest absolute Gasteiger partial charge is 0.444 e. The van der Waals surface area contributed by atoms with Gasteiger partial charge in [0.25, 0.3) is 5.56 Å². The van der Waals surface area contributed by atoms with Gasteiger partial charge >= 0.3 is 0 Å². The van der Waals surface area contributed by atoms with Crippen LogP contribution in [0, 0.1) is 0 Å². The van der Waals surface area contributed by atoms with Gasteiger partial charge in [0.1, 0.15) is 6.26 Å². The zero-order chi connectivity index (χ0) is 20.3. The first-order valence-electron chi connectivity index (χ1n) is 9.49. The van der Waals surface area contributed by atoms with Crippen molar-refractivity contribution >= 4 is 22.7 Å². The van der Waals surface area contributed by atoms with Crippen molar-refractivity contribution in [2.45, 2.75) is 10.9 Å². The van der Waals surface area contributed by atoms with E-state index in [0.29, 0.717) is 27.7 Å². The Morgan fingerprint density at radius 1 is 0.833 bits per heavy atom. The molecule has 5 nitrogen and oxygen atoms in total. The van der Waals surface area contributed by atoms with Crippen LogP contribution in [-0.4, -0.2) is 14.5 Å². The van der Waals surface area contributed by atoms with Gasteiger partial charge in [-0.05, 0) is 36.4 Å². The van der Waals surface area contributed by atoms with Gasteiger partial charge in [0.2, 0.25) is 5.89 Å². The molecule has 0 N–H and O–H groups in total. The highest BCUT2D eigenvalue weighted by molar-refractivity contribution is 7.98. The minimum atomic E-state index is -0.0839. The number of nitrogens with zero attached hydrogens (tertiary/aromatic N) is 3. The number of oxazole rings is 1. The van der Waals surface area contributed by atoms with Crippen LogP contribution in [0.4, 0.5) is 0 Å². The molecular weight excluding hydrogens is 394 g/mol. The molecule has 0 atom stereocenters. The Bertz CT molecular complexity index is 1360. The fourth-order valence-corrected chi connectivity index (χ4v) is 4.13. The lowest BCUT2D eigenvalue weighted by Crippen LogP contribution is -2.21. The maximum atomic E-state index is 13.2. The number of rotatable bonds is 5. The number of thioether (sulfide) groups is 1. The molecule has 0 aliphatic carbocycles. The van der Waals surface area contributed by atoms with Gasteiger partial charge in [0.05, 0.1) is 22.3 Å². The van der Waals surface area contributed by atoms with E-state index >= 15 is 0 Å². The van der Waals surface area contributed by atoms with Gasteiger partial charge < -0.3 is 4.42 Å². The maximum absolute atomic E-state index is 13.2. The minimum absolute atomic E-state index is 0.0839. The Morgan fingerprint density at radius 3 is 2.33 bits per heavy atom. The molecule has 0 fully saturated rings. The second kappa shape index (κ2) is 8.00. The topological polar surface area (TPSA) is 60.9 Å². The molecule has 0 bridgehead atoms. The SMILES string of the molecule is O=c1c2ccccc2nc(SCc2coc(-c3ccccc3)n2)n1-c1ccccc1. The molecule has 146 valence electrons. The average Bonchev–Trinajstić information content (AvgIpc) is 3.28. The monoisotopic (exact) mass is 411 g/mol. The first-order chi connectivity index (χ1) is 14.8. The van der Waals surface area contributed by atoms with Crippen LogP contribution in [0.3, 0.4) is 0 Å². The van der Waals surface area contributed by atoms with E-state index in [9.17, 15) is 4.79 Å². The number of benzene rings is 3. The number of aromatic nitrogens is 3. The highest BCUT2D eigenvalue weighted by Crippen LogP contribution is 2.26. The summed E-state index contributed by atoms with van der Waals surface area (Å²) in [5, 5.41) is 1.22. The molecule has 30 heavy (non-hydrogen) atoms. The standard InChI is InChI=1S/C24H17N3O2S/c28-23-20-13-7-8-14-21(20)26-24(27(23)19-11-5-2-6-12-19)30-16-18-15-29-22(25-18)17-9-3-1-4-10-17/h1-15H,16H2. The Kier molecular flexibility index (Phi) is 4.91. The quantitative estimate of drug-likeness (QED) is 0.289. The van der Waals surface area contributed by atoms with Crippen LogP contribution >= 0.6 is 11.8 Å². The summed E-state index contributed by atoms with van der Waals surface area (Å²) in [5.41, 5.74) is 3.11. The van der Waals surface area contributed by atoms with Crippen molar-refractivity contribution in [2.24, 2.45) is 0 Å². The molecule has 0 radical (unpaired) electrons. The molecule has 0 saturated heterocycles. The van der Waals surface area contributed by atoms with Gasteiger partial charge in [-0.3, -0.25) is 9.36 Å². The van der Waals surface area contributed by atoms with Crippen molar-refractivity contribution in [1.82, 2.24) is 14.5 Å². The van der Waals surface area contributed by atoms with Crippen molar-refractivity contribution in [2.75, 3.05) is 0 Å². The Labute approximate surface area is 177 Å². The molecule has 0 amide bonds. The van der Waals surface area contributed by atoms with E-state index in [1.807, 2.05) is 84.9 Å². The smallest absolute Gasteiger partial charge is 0.266 e. The molecule has 0 unspecified atom stereocenters. The molecule has 0 aliphatic heterocycles. The first kappa shape index (κ1) is 18.4. The van der Waals surface area contributed by atoms with Crippen LogP contribution in [0.25, 0.3) is 28.0 Å². The highest BCUT2D eigenvalue weighted by atomic mass is 32.2. The third-order valence-electron chi connectivity index (χ3n) is 4.68. The average molecular weight is 411 g/mol. The van der Waals surface area contributed by atoms with Gasteiger partial charge in [-0.15, -0.1) is 0 Å². The van der Waals surface area contributed by atoms with E-state index in [0.717, 1.165) is 16.9 Å². The number of hydrogen-bond donors (Lipinski definition) is 0. The van der Waals surface area contributed by atoms with Gasteiger partial charge in [-0.1, -0.05) is 60.3 Å². The maximum Gasteiger partial charge on any atom is 0.266 e. The van der Waals surface area contributed by atoms with E-state index in [1.54, 1.807) is 10.8 Å². The first-order valence-corrected chi connectivity index (χ1v) is 10.5. The summed E-state index contributed by atoms with van der Waals surface area (Å²) < 4.78 is 7.29. The fraction of sp³-hybridized carbons (Fsp3) is 0.0417. The van der Waals surface area contributed by atoms with Crippen molar-refractivity contribution in [1.29, 1.82) is 0 Å². The molecule has 5 rings (SSSR count). The van der Waals surface area contributed by atoms with Crippen molar-refractivity contribution in [3.63, 3.8) is 0 Å². The van der Waals surface area contributed by atoms with Crippen molar-refractivity contribution < 1.29 is 4.42 Å². The Morgan fingerprint density at radius 2 is 1.53 bits per heavy atom. The van der Waals surface area contributed by atoms with Crippen molar-refractivity contribution in [3.05, 3.63) is 107 Å². The summed E-state index contributed by atoms with van der Waals surface area (Å²) >= 11 is 1.46. The van der Waals surface area contributed by atoms with E-state index in [2.05, 4.69) is 4.98 Å². The van der Waals surface area contributed by atoms with Crippen LogP contribution in [0.2, 0.25) is 0 Å². The lowest BCUT2D eigenvalue weighted by atomic mass is 10.2. The predicted molar refractivity (Wildman–Crippen MR) is 119 cm³/mol. The zero-order valence-corrected chi connectivity index (χ0v) is 16.8. The fourth-order valence-electron chi connectivity index (χ4n) is 3.24. The molecule has 3 aromatic carbocycles. The number of para-hydroxylation sites is 2. The van der Waals surface area contributed by atoms with E-state index in [-0.39, 0.29) is 5.56 Å². The summed E-state index contributed by atoms with van der Waals surface area (Å²) in [5.74, 6) is 1.12. The summed E-state index contributed by atoms with van der Waals surface area (Å²) in [6.07, 6.45) is 1.65. The minimum Gasteiger partial charge on any atom is -0.444 e. The molecular formula is C24H17N3O2S. The third kappa shape index (κ3) is 3.53. The van der Waals surface area contributed by atoms with Gasteiger partial charge in [-0.2, -0.15) is 0 Å². The molecule has 0 spiro atoms. The van der Waals surface area contributed by atoms with E-state index < -0.39 is 0 Å². The summed E-state index contributed by atoms with van der Waals surface area (Å²) in [7, 11) is 0. The number of hydrogen-bond acceptors (Lipinski definition) is 5. The van der Waals surface area contributed by atoms with Crippen LogP contribution in [0.5, 0.6) is 0 Å². The second-order valence-corrected chi connectivity index (χ2v) is 7.63. The van der Waals surface area contributed by atoms with Gasteiger partial charge in [0.15, 0.2) is 5.16 Å². The zero-order valence-electron chi connectivity index (χ0n) is 15.9. The Hall–Kier alpha value is -3.64. The normalized spacial score (nSPS) is 11.1. The van der Waals surface area contributed by atoms with E-state index in [1.165, 1.54) is 11.8 Å². The van der Waals surface area contributed by atoms with Crippen LogP contribution < -0.4 is 5.56 Å². The summed E-state index contributed by atoms with van der Waals surface area (Å²) in [6.45, 7) is 0. The summed E-state index contributed by atoms with van der Waals surface area (Å²) in [6, 6.07) is 26.8. The molecule has 6 heteroatoms. The lowest BCUT2D eigenvalue weighted by Gasteiger charge is -2.12. The molecule has 0 aliphatic rings. The lowest BCUT2D eigenvalue weighted by molar-refractivity contribution is 0.573. The van der Waals surface area contributed by atoms with Gasteiger partial charge in [-0.25, -0.2) is 9.97 Å². The van der Waals surface area contributed by atoms with Crippen molar-refractivity contribution in [3.8, 4) is 17.1 Å². The Balaban J connectivity index is 1.51. The predicted octanol–water partition coefficient (Wildman–Crippen LogP) is 5.33. The molecule has 2 heterocycles. The van der Waals surface area contributed by atoms with Gasteiger partial charge in [0, 0.05) is 11.3 Å². The summed E-state index contributed by atoms with van der Waals surface area (Å²) in [4.78, 5) is 22.6. The molecule has 5 aromatic rings. The third-order valence-corrected chi connectivity index (χ3v) is 5.65. The van der Waals surface area contributed by atoms with Crippen LogP contribution in [0.1, 0.15) is 5.69 Å². The highest BCUT2D eigenvalue weighted by Gasteiger charge is 2.14. The second-order valence-electron chi connectivity index (χ2n) is 6.69. The van der Waals surface area contributed by atoms with E-state index in [4.69, 9.17) is 9.40 Å².